The van der Waals surface area contributed by atoms with Crippen LogP contribution in [0.25, 0.3) is 0 Å². The van der Waals surface area contributed by atoms with Gasteiger partial charge in [0.15, 0.2) is 0 Å². The summed E-state index contributed by atoms with van der Waals surface area (Å²) in [6, 6.07) is 0.784. The molecule has 0 spiro atoms. The molecule has 1 rings (SSSR count). The zero-order chi connectivity index (χ0) is 10.4. The molecule has 0 aromatic rings. The van der Waals surface area contributed by atoms with Gasteiger partial charge in [-0.3, -0.25) is 4.90 Å². The molecule has 1 heterocycles. The number of nitrogens with zero attached hydrogens (tertiary/aromatic N) is 1. The molecular weight excluding hydrogens is 258 g/mol. The van der Waals surface area contributed by atoms with Gasteiger partial charge in [0.1, 0.15) is 0 Å². The highest BCUT2D eigenvalue weighted by Gasteiger charge is 2.20. The van der Waals surface area contributed by atoms with Gasteiger partial charge in [-0.1, -0.05) is 29.3 Å². The SMILES string of the molecule is CCCC(CBr)CN1CCSCC1C. The molecule has 3 heteroatoms. The van der Waals surface area contributed by atoms with Gasteiger partial charge in [0.05, 0.1) is 0 Å². The van der Waals surface area contributed by atoms with Gasteiger partial charge in [0, 0.05) is 36.0 Å². The number of alkyl halides is 1. The molecule has 0 aliphatic carbocycles. The van der Waals surface area contributed by atoms with Crippen LogP contribution in [0.2, 0.25) is 0 Å². The van der Waals surface area contributed by atoms with Crippen molar-refractivity contribution in [1.29, 1.82) is 0 Å². The van der Waals surface area contributed by atoms with E-state index in [4.69, 9.17) is 0 Å². The Morgan fingerprint density at radius 1 is 1.57 bits per heavy atom. The molecule has 84 valence electrons. The van der Waals surface area contributed by atoms with Gasteiger partial charge in [-0.15, -0.1) is 0 Å². The van der Waals surface area contributed by atoms with Gasteiger partial charge in [0.2, 0.25) is 0 Å². The standard InChI is InChI=1S/C11H22BrNS/c1-3-4-11(7-12)8-13-5-6-14-9-10(13)2/h10-11H,3-9H2,1-2H3. The first-order valence-electron chi connectivity index (χ1n) is 5.65. The summed E-state index contributed by atoms with van der Waals surface area (Å²) in [5.74, 6) is 3.50. The molecule has 1 fully saturated rings. The first kappa shape index (κ1) is 12.9. The van der Waals surface area contributed by atoms with Crippen molar-refractivity contribution in [3.63, 3.8) is 0 Å². The number of rotatable bonds is 5. The fourth-order valence-electron chi connectivity index (χ4n) is 1.99. The van der Waals surface area contributed by atoms with Crippen molar-refractivity contribution in [2.75, 3.05) is 29.9 Å². The predicted molar refractivity (Wildman–Crippen MR) is 70.6 cm³/mol. The summed E-state index contributed by atoms with van der Waals surface area (Å²) in [5, 5.41) is 1.16. The maximum atomic E-state index is 3.63. The Kier molecular flexibility index (Phi) is 6.55. The lowest BCUT2D eigenvalue weighted by atomic mass is 10.0. The summed E-state index contributed by atoms with van der Waals surface area (Å²) in [5.41, 5.74) is 0. The summed E-state index contributed by atoms with van der Waals surface area (Å²) < 4.78 is 0. The largest absolute Gasteiger partial charge is 0.299 e. The monoisotopic (exact) mass is 279 g/mol. The second kappa shape index (κ2) is 7.13. The van der Waals surface area contributed by atoms with E-state index in [0.29, 0.717) is 0 Å². The normalized spacial score (nSPS) is 26.4. The maximum absolute atomic E-state index is 3.63. The topological polar surface area (TPSA) is 3.24 Å². The molecule has 2 atom stereocenters. The molecule has 1 nitrogen and oxygen atoms in total. The van der Waals surface area contributed by atoms with Crippen LogP contribution in [0.4, 0.5) is 0 Å². The van der Waals surface area contributed by atoms with E-state index in [2.05, 4.69) is 46.4 Å². The zero-order valence-corrected chi connectivity index (χ0v) is 11.7. The van der Waals surface area contributed by atoms with Crippen molar-refractivity contribution >= 4 is 27.7 Å². The van der Waals surface area contributed by atoms with Crippen LogP contribution in [0.1, 0.15) is 26.7 Å². The predicted octanol–water partition coefficient (Wildman–Crippen LogP) is 3.23. The summed E-state index contributed by atoms with van der Waals surface area (Å²) >= 11 is 5.73. The quantitative estimate of drug-likeness (QED) is 0.711. The Morgan fingerprint density at radius 3 is 2.93 bits per heavy atom. The minimum atomic E-state index is 0.784. The molecule has 1 aliphatic rings. The highest BCUT2D eigenvalue weighted by molar-refractivity contribution is 9.09. The lowest BCUT2D eigenvalue weighted by Gasteiger charge is -2.35. The molecule has 0 aromatic heterocycles. The van der Waals surface area contributed by atoms with E-state index in [9.17, 15) is 0 Å². The molecule has 0 radical (unpaired) electrons. The van der Waals surface area contributed by atoms with Crippen LogP contribution in [-0.2, 0) is 0 Å². The van der Waals surface area contributed by atoms with Crippen LogP contribution in [0.15, 0.2) is 0 Å². The fourth-order valence-corrected chi connectivity index (χ4v) is 3.60. The highest BCUT2D eigenvalue weighted by Crippen LogP contribution is 2.19. The third-order valence-corrected chi connectivity index (χ3v) is 5.02. The number of halogens is 1. The molecule has 14 heavy (non-hydrogen) atoms. The van der Waals surface area contributed by atoms with Crippen LogP contribution in [0, 0.1) is 5.92 Å². The van der Waals surface area contributed by atoms with Gasteiger partial charge in [0.25, 0.3) is 0 Å². The van der Waals surface area contributed by atoms with Crippen LogP contribution in [-0.4, -0.2) is 40.9 Å². The third kappa shape index (κ3) is 4.11. The molecule has 0 saturated carbocycles. The number of hydrogen-bond donors (Lipinski definition) is 0. The number of thioether (sulfide) groups is 1. The minimum absolute atomic E-state index is 0.784. The average molecular weight is 280 g/mol. The lowest BCUT2D eigenvalue weighted by molar-refractivity contribution is 0.199. The van der Waals surface area contributed by atoms with Crippen molar-refractivity contribution < 1.29 is 0 Å². The first-order valence-corrected chi connectivity index (χ1v) is 7.93. The van der Waals surface area contributed by atoms with Crippen LogP contribution >= 0.6 is 27.7 Å². The first-order chi connectivity index (χ1) is 6.77. The van der Waals surface area contributed by atoms with E-state index in [1.165, 1.54) is 37.4 Å². The highest BCUT2D eigenvalue weighted by atomic mass is 79.9. The van der Waals surface area contributed by atoms with Crippen LogP contribution in [0.5, 0.6) is 0 Å². The second-order valence-electron chi connectivity index (χ2n) is 4.23. The Bertz CT molecular complexity index is 154. The fraction of sp³-hybridized carbons (Fsp3) is 1.00. The Balaban J connectivity index is 2.31. The summed E-state index contributed by atoms with van der Waals surface area (Å²) in [4.78, 5) is 2.66. The molecule has 0 bridgehead atoms. The van der Waals surface area contributed by atoms with Crippen LogP contribution < -0.4 is 0 Å². The summed E-state index contributed by atoms with van der Waals surface area (Å²) in [6.45, 7) is 7.23. The average Bonchev–Trinajstić information content (AvgIpc) is 2.20. The van der Waals surface area contributed by atoms with Crippen molar-refractivity contribution in [3.05, 3.63) is 0 Å². The third-order valence-electron chi connectivity index (χ3n) is 2.91. The summed E-state index contributed by atoms with van der Waals surface area (Å²) in [7, 11) is 0. The summed E-state index contributed by atoms with van der Waals surface area (Å²) in [6.07, 6.45) is 2.68. The minimum Gasteiger partial charge on any atom is -0.299 e. The molecule has 1 saturated heterocycles. The Labute approximate surface area is 101 Å². The van der Waals surface area contributed by atoms with E-state index in [1.54, 1.807) is 0 Å². The molecule has 2 unspecified atom stereocenters. The van der Waals surface area contributed by atoms with Gasteiger partial charge in [-0.25, -0.2) is 0 Å². The Hall–Kier alpha value is 0.790. The molecule has 0 aromatic carbocycles. The van der Waals surface area contributed by atoms with Gasteiger partial charge >= 0.3 is 0 Å². The van der Waals surface area contributed by atoms with Crippen molar-refractivity contribution in [2.45, 2.75) is 32.7 Å². The van der Waals surface area contributed by atoms with E-state index in [0.717, 1.165) is 17.3 Å². The lowest BCUT2D eigenvalue weighted by Crippen LogP contribution is -2.43. The van der Waals surface area contributed by atoms with Gasteiger partial charge in [-0.05, 0) is 19.3 Å². The molecular formula is C11H22BrNS. The van der Waals surface area contributed by atoms with E-state index >= 15 is 0 Å². The van der Waals surface area contributed by atoms with Crippen molar-refractivity contribution in [2.24, 2.45) is 5.92 Å². The van der Waals surface area contributed by atoms with Crippen molar-refractivity contribution in [1.82, 2.24) is 4.90 Å². The Morgan fingerprint density at radius 2 is 2.36 bits per heavy atom. The molecule has 1 aliphatic heterocycles. The maximum Gasteiger partial charge on any atom is 0.0158 e. The molecule has 0 N–H and O–H groups in total. The second-order valence-corrected chi connectivity index (χ2v) is 6.03. The van der Waals surface area contributed by atoms with Crippen molar-refractivity contribution in [3.8, 4) is 0 Å². The van der Waals surface area contributed by atoms with E-state index < -0.39 is 0 Å². The smallest absolute Gasteiger partial charge is 0.0158 e. The van der Waals surface area contributed by atoms with Gasteiger partial charge in [-0.2, -0.15) is 11.8 Å². The van der Waals surface area contributed by atoms with Gasteiger partial charge < -0.3 is 0 Å². The zero-order valence-electron chi connectivity index (χ0n) is 9.34. The van der Waals surface area contributed by atoms with E-state index in [1.807, 2.05) is 0 Å². The molecule has 0 amide bonds. The number of hydrogen-bond acceptors (Lipinski definition) is 2. The van der Waals surface area contributed by atoms with Crippen LogP contribution in [0.3, 0.4) is 0 Å². The van der Waals surface area contributed by atoms with E-state index in [-0.39, 0.29) is 0 Å².